The van der Waals surface area contributed by atoms with Gasteiger partial charge in [0, 0.05) is 5.97 Å². The molecule has 0 N–H and O–H groups in total. The minimum Gasteiger partial charge on any atom is -0.550 e. The van der Waals surface area contributed by atoms with Gasteiger partial charge in [0.25, 0.3) is 0 Å². The molecule has 0 aliphatic rings. The van der Waals surface area contributed by atoms with Crippen LogP contribution in [-0.2, 0) is 4.79 Å². The van der Waals surface area contributed by atoms with Crippen LogP contribution in [0.3, 0.4) is 0 Å². The van der Waals surface area contributed by atoms with E-state index in [1.165, 1.54) is 0 Å². The average molecular weight is 150 g/mol. The van der Waals surface area contributed by atoms with Crippen molar-refractivity contribution < 1.29 is 28.8 Å². The molecule has 0 radical (unpaired) electrons. The van der Waals surface area contributed by atoms with Crippen molar-refractivity contribution in [2.45, 2.75) is 6.92 Å². The Morgan fingerprint density at radius 2 is 1.70 bits per heavy atom. The normalized spacial score (nSPS) is 6.50. The summed E-state index contributed by atoms with van der Waals surface area (Å²) in [6, 6.07) is 4.04. The van der Waals surface area contributed by atoms with Crippen LogP contribution in [0.4, 0.5) is 0 Å². The smallest absolute Gasteiger partial charge is 0.550 e. The molecule has 0 saturated heterocycles. The molecule has 0 fully saturated rings. The van der Waals surface area contributed by atoms with Crippen LogP contribution in [0.1, 0.15) is 6.92 Å². The van der Waals surface area contributed by atoms with E-state index in [0.717, 1.165) is 6.92 Å². The standard InChI is InChI=1S/C4H4S.C2H4O2.Li/c1-2-4-5-3-1;1-2(3)4;/h1-4H;1H3,(H,3,4);/q;;+1/p-1. The van der Waals surface area contributed by atoms with Gasteiger partial charge in [-0.15, -0.1) is 0 Å². The predicted molar refractivity (Wildman–Crippen MR) is 35.0 cm³/mol. The van der Waals surface area contributed by atoms with Crippen molar-refractivity contribution in [1.29, 1.82) is 0 Å². The van der Waals surface area contributed by atoms with Gasteiger partial charge >= 0.3 is 18.9 Å². The Balaban J connectivity index is 0. The van der Waals surface area contributed by atoms with Gasteiger partial charge in [0.15, 0.2) is 0 Å². The van der Waals surface area contributed by atoms with E-state index < -0.39 is 5.97 Å². The Bertz CT molecular complexity index is 130. The van der Waals surface area contributed by atoms with Gasteiger partial charge in [-0.1, -0.05) is 12.1 Å². The van der Waals surface area contributed by atoms with Crippen LogP contribution in [0.15, 0.2) is 22.9 Å². The molecule has 1 heterocycles. The van der Waals surface area contributed by atoms with Crippen molar-refractivity contribution in [3.05, 3.63) is 22.9 Å². The molecule has 0 aliphatic carbocycles. The molecule has 0 unspecified atom stereocenters. The molecule has 1 aromatic rings. The first-order chi connectivity index (χ1) is 4.23. The van der Waals surface area contributed by atoms with Crippen molar-refractivity contribution >= 4 is 17.3 Å². The van der Waals surface area contributed by atoms with Gasteiger partial charge < -0.3 is 9.90 Å². The second-order valence-corrected chi connectivity index (χ2v) is 2.10. The van der Waals surface area contributed by atoms with Crippen molar-refractivity contribution in [3.8, 4) is 0 Å². The molecule has 1 aromatic heterocycles. The fourth-order valence-electron chi connectivity index (χ4n) is 0.227. The van der Waals surface area contributed by atoms with E-state index in [4.69, 9.17) is 9.90 Å². The maximum absolute atomic E-state index is 8.89. The Hall–Kier alpha value is -0.233. The molecule has 0 spiro atoms. The van der Waals surface area contributed by atoms with Crippen molar-refractivity contribution in [3.63, 3.8) is 0 Å². The van der Waals surface area contributed by atoms with Crippen LogP contribution in [0.2, 0.25) is 0 Å². The minimum absolute atomic E-state index is 0. The predicted octanol–water partition coefficient (Wildman–Crippen LogP) is -2.49. The van der Waals surface area contributed by atoms with Crippen molar-refractivity contribution in [2.75, 3.05) is 0 Å². The van der Waals surface area contributed by atoms with E-state index >= 15 is 0 Å². The molecule has 0 aliphatic heterocycles. The summed E-state index contributed by atoms with van der Waals surface area (Å²) < 4.78 is 0. The summed E-state index contributed by atoms with van der Waals surface area (Å²) in [6.45, 7) is 0.972. The zero-order valence-corrected chi connectivity index (χ0v) is 6.85. The molecule has 0 amide bonds. The second kappa shape index (κ2) is 8.77. The summed E-state index contributed by atoms with van der Waals surface area (Å²) in [5, 5.41) is 13.0. The molecule has 0 saturated carbocycles. The number of carboxylic acid groups (broad SMARTS) is 1. The number of aliphatic carboxylic acids is 1. The van der Waals surface area contributed by atoms with Gasteiger partial charge in [-0.05, 0) is 17.7 Å². The number of carbonyl (C=O) groups is 1. The Morgan fingerprint density at radius 1 is 1.40 bits per heavy atom. The van der Waals surface area contributed by atoms with Crippen LogP contribution in [-0.4, -0.2) is 5.97 Å². The number of hydrogen-bond donors (Lipinski definition) is 0. The first-order valence-electron chi connectivity index (χ1n) is 2.38. The van der Waals surface area contributed by atoms with E-state index in [9.17, 15) is 0 Å². The average Bonchev–Trinajstić information content (AvgIpc) is 2.11. The van der Waals surface area contributed by atoms with Crippen LogP contribution < -0.4 is 24.0 Å². The number of hydrogen-bond acceptors (Lipinski definition) is 3. The van der Waals surface area contributed by atoms with E-state index in [1.807, 2.05) is 22.9 Å². The van der Waals surface area contributed by atoms with Crippen molar-refractivity contribution in [1.82, 2.24) is 0 Å². The number of rotatable bonds is 0. The zero-order chi connectivity index (χ0) is 7.11. The van der Waals surface area contributed by atoms with Crippen LogP contribution in [0.25, 0.3) is 0 Å². The monoisotopic (exact) mass is 150 g/mol. The molecule has 4 heteroatoms. The molecule has 2 nitrogen and oxygen atoms in total. The van der Waals surface area contributed by atoms with Crippen molar-refractivity contribution in [2.24, 2.45) is 0 Å². The molecular formula is C6H7LiO2S. The minimum atomic E-state index is -1.08. The maximum atomic E-state index is 8.89. The molecule has 1 rings (SSSR count). The second-order valence-electron chi connectivity index (χ2n) is 1.28. The third kappa shape index (κ3) is 15.7. The summed E-state index contributed by atoms with van der Waals surface area (Å²) in [6.07, 6.45) is 0. The molecule has 0 atom stereocenters. The molecule has 0 aromatic carbocycles. The summed E-state index contributed by atoms with van der Waals surface area (Å²) in [4.78, 5) is 8.89. The summed E-state index contributed by atoms with van der Waals surface area (Å²) in [5.74, 6) is -1.08. The first-order valence-corrected chi connectivity index (χ1v) is 3.32. The van der Waals surface area contributed by atoms with E-state index in [0.29, 0.717) is 0 Å². The summed E-state index contributed by atoms with van der Waals surface area (Å²) in [5.41, 5.74) is 0. The van der Waals surface area contributed by atoms with Gasteiger partial charge in [-0.2, -0.15) is 11.3 Å². The number of carbonyl (C=O) groups excluding carboxylic acids is 1. The van der Waals surface area contributed by atoms with Gasteiger partial charge in [-0.3, -0.25) is 0 Å². The fraction of sp³-hybridized carbons (Fsp3) is 0.167. The van der Waals surface area contributed by atoms with E-state index in [2.05, 4.69) is 0 Å². The van der Waals surface area contributed by atoms with Crippen LogP contribution >= 0.6 is 11.3 Å². The Kier molecular flexibility index (Phi) is 10.9. The van der Waals surface area contributed by atoms with E-state index in [-0.39, 0.29) is 18.9 Å². The van der Waals surface area contributed by atoms with Crippen LogP contribution in [0.5, 0.6) is 0 Å². The maximum Gasteiger partial charge on any atom is 1.00 e. The zero-order valence-electron chi connectivity index (χ0n) is 6.03. The first kappa shape index (κ1) is 12.4. The molecular weight excluding hydrogens is 143 g/mol. The summed E-state index contributed by atoms with van der Waals surface area (Å²) >= 11 is 1.71. The third-order valence-electron chi connectivity index (χ3n) is 0.425. The van der Waals surface area contributed by atoms with Gasteiger partial charge in [-0.25, -0.2) is 0 Å². The third-order valence-corrected chi connectivity index (χ3v) is 1.05. The Labute approximate surface area is 76.1 Å². The fourth-order valence-corrected chi connectivity index (χ4v) is 0.680. The van der Waals surface area contributed by atoms with E-state index in [1.54, 1.807) is 11.3 Å². The van der Waals surface area contributed by atoms with Gasteiger partial charge in [0.2, 0.25) is 0 Å². The topological polar surface area (TPSA) is 40.1 Å². The molecule has 50 valence electrons. The summed E-state index contributed by atoms with van der Waals surface area (Å²) in [7, 11) is 0. The quantitative estimate of drug-likeness (QED) is 0.384. The number of thiophene rings is 1. The van der Waals surface area contributed by atoms with Crippen LogP contribution in [0, 0.1) is 0 Å². The van der Waals surface area contributed by atoms with Gasteiger partial charge in [0.05, 0.1) is 0 Å². The van der Waals surface area contributed by atoms with Gasteiger partial charge in [0.1, 0.15) is 0 Å². The Morgan fingerprint density at radius 3 is 1.80 bits per heavy atom. The number of carboxylic acids is 1. The molecule has 10 heavy (non-hydrogen) atoms. The largest absolute Gasteiger partial charge is 1.00 e. The molecule has 0 bridgehead atoms. The SMILES string of the molecule is CC(=O)[O-].[Li+].c1ccsc1.